The predicted octanol–water partition coefficient (Wildman–Crippen LogP) is 3.84. The topological polar surface area (TPSA) is 42.0 Å². The van der Waals surface area contributed by atoms with E-state index in [4.69, 9.17) is 0 Å². The minimum absolute atomic E-state index is 0.186. The quantitative estimate of drug-likeness (QED) is 0.592. The number of benzene rings is 1. The molecule has 0 radical (unpaired) electrons. The van der Waals surface area contributed by atoms with Crippen LogP contribution in [0.3, 0.4) is 0 Å². The van der Waals surface area contributed by atoms with Crippen molar-refractivity contribution in [3.05, 3.63) is 56.0 Å². The average Bonchev–Trinajstić information content (AvgIpc) is 2.32. The fourth-order valence-electron chi connectivity index (χ4n) is 1.33. The molecule has 3 nitrogen and oxygen atoms in total. The number of nitrogens with one attached hydrogen (secondary N) is 1. The summed E-state index contributed by atoms with van der Waals surface area (Å²) in [6.07, 6.45) is 0. The summed E-state index contributed by atoms with van der Waals surface area (Å²) in [5.41, 5.74) is 0.480. The smallest absolute Gasteiger partial charge is 0.257 e. The van der Waals surface area contributed by atoms with Gasteiger partial charge in [-0.05, 0) is 68.9 Å². The molecule has 1 N–H and O–H groups in total. The van der Waals surface area contributed by atoms with E-state index in [9.17, 15) is 9.18 Å². The lowest BCUT2D eigenvalue weighted by Crippen LogP contribution is -2.14. The van der Waals surface area contributed by atoms with E-state index in [0.717, 1.165) is 3.57 Å². The maximum atomic E-state index is 12.9. The number of anilines is 1. The second-order valence-corrected chi connectivity index (χ2v) is 5.52. The fraction of sp³-hybridized carbons (Fsp3) is 0. The van der Waals surface area contributed by atoms with Crippen molar-refractivity contribution < 1.29 is 9.18 Å². The third-order valence-electron chi connectivity index (χ3n) is 2.13. The summed E-state index contributed by atoms with van der Waals surface area (Å²) in [4.78, 5) is 15.6. The Morgan fingerprint density at radius 1 is 1.33 bits per heavy atom. The number of rotatable bonds is 2. The number of hydrogen-bond donors (Lipinski definition) is 1. The van der Waals surface area contributed by atoms with Crippen LogP contribution >= 0.6 is 38.5 Å². The molecule has 0 bridgehead atoms. The van der Waals surface area contributed by atoms with Crippen LogP contribution in [0, 0.1) is 9.52 Å². The maximum Gasteiger partial charge on any atom is 0.257 e. The Morgan fingerprint density at radius 3 is 2.83 bits per heavy atom. The molecule has 0 spiro atoms. The number of pyridine rings is 1. The van der Waals surface area contributed by atoms with E-state index in [1.807, 2.05) is 6.07 Å². The first-order valence-electron chi connectivity index (χ1n) is 4.95. The number of halogens is 3. The van der Waals surface area contributed by atoms with E-state index in [1.54, 1.807) is 12.1 Å². The Hall–Kier alpha value is -1.02. The summed E-state index contributed by atoms with van der Waals surface area (Å²) in [5.74, 6) is -0.779. The highest BCUT2D eigenvalue weighted by atomic mass is 127. The molecule has 0 fully saturated rings. The van der Waals surface area contributed by atoms with Crippen molar-refractivity contribution in [1.29, 1.82) is 0 Å². The van der Waals surface area contributed by atoms with Crippen LogP contribution in [0.2, 0.25) is 0 Å². The highest BCUT2D eigenvalue weighted by molar-refractivity contribution is 14.1. The molecular formula is C12H7BrFIN2O. The van der Waals surface area contributed by atoms with E-state index in [1.165, 1.54) is 18.2 Å². The van der Waals surface area contributed by atoms with Crippen molar-refractivity contribution in [3.63, 3.8) is 0 Å². The SMILES string of the molecule is O=C(Nc1cccc(F)n1)c1cc(I)ccc1Br. The van der Waals surface area contributed by atoms with Gasteiger partial charge in [-0.3, -0.25) is 4.79 Å². The van der Waals surface area contributed by atoms with Crippen LogP contribution in [0.15, 0.2) is 40.9 Å². The zero-order valence-corrected chi connectivity index (χ0v) is 12.7. The lowest BCUT2D eigenvalue weighted by atomic mass is 10.2. The molecule has 1 aromatic carbocycles. The zero-order chi connectivity index (χ0) is 13.1. The lowest BCUT2D eigenvalue weighted by Gasteiger charge is -2.06. The zero-order valence-electron chi connectivity index (χ0n) is 8.95. The number of carbonyl (C=O) groups is 1. The first-order chi connectivity index (χ1) is 8.56. The highest BCUT2D eigenvalue weighted by Gasteiger charge is 2.11. The molecule has 0 aliphatic heterocycles. The summed E-state index contributed by atoms with van der Waals surface area (Å²) >= 11 is 5.42. The van der Waals surface area contributed by atoms with Crippen LogP contribution in [0.25, 0.3) is 0 Å². The van der Waals surface area contributed by atoms with E-state index in [0.29, 0.717) is 10.0 Å². The van der Waals surface area contributed by atoms with Gasteiger partial charge in [-0.1, -0.05) is 6.07 Å². The molecule has 2 aromatic rings. The molecule has 0 aliphatic rings. The van der Waals surface area contributed by atoms with Gasteiger partial charge in [0.2, 0.25) is 5.95 Å². The molecule has 1 amide bonds. The second-order valence-electron chi connectivity index (χ2n) is 3.42. The van der Waals surface area contributed by atoms with Gasteiger partial charge in [0, 0.05) is 8.04 Å². The minimum Gasteiger partial charge on any atom is -0.306 e. The summed E-state index contributed by atoms with van der Waals surface area (Å²) in [7, 11) is 0. The second kappa shape index (κ2) is 5.75. The molecular weight excluding hydrogens is 414 g/mol. The van der Waals surface area contributed by atoms with Gasteiger partial charge in [-0.25, -0.2) is 4.98 Å². The molecule has 6 heteroatoms. The van der Waals surface area contributed by atoms with Gasteiger partial charge in [0.1, 0.15) is 5.82 Å². The third kappa shape index (κ3) is 3.26. The minimum atomic E-state index is -0.630. The Labute approximate surface area is 125 Å². The van der Waals surface area contributed by atoms with Crippen molar-refractivity contribution in [3.8, 4) is 0 Å². The monoisotopic (exact) mass is 420 g/mol. The summed E-state index contributed by atoms with van der Waals surface area (Å²) in [5, 5.41) is 2.54. The van der Waals surface area contributed by atoms with E-state index < -0.39 is 5.95 Å². The largest absolute Gasteiger partial charge is 0.306 e. The van der Waals surface area contributed by atoms with Crippen molar-refractivity contribution >= 4 is 50.2 Å². The van der Waals surface area contributed by atoms with Crippen molar-refractivity contribution in [1.82, 2.24) is 4.98 Å². The molecule has 0 saturated heterocycles. The summed E-state index contributed by atoms with van der Waals surface area (Å²) in [6.45, 7) is 0. The molecule has 2 rings (SSSR count). The molecule has 1 aromatic heterocycles. The van der Waals surface area contributed by atoms with Gasteiger partial charge < -0.3 is 5.32 Å². The van der Waals surface area contributed by atoms with Gasteiger partial charge in [-0.2, -0.15) is 4.39 Å². The number of hydrogen-bond acceptors (Lipinski definition) is 2. The fourth-order valence-corrected chi connectivity index (χ4v) is 2.25. The maximum absolute atomic E-state index is 12.9. The average molecular weight is 421 g/mol. The van der Waals surface area contributed by atoms with Crippen LogP contribution in [-0.2, 0) is 0 Å². The van der Waals surface area contributed by atoms with E-state index in [-0.39, 0.29) is 11.7 Å². The van der Waals surface area contributed by atoms with Gasteiger partial charge in [0.25, 0.3) is 5.91 Å². The Bertz CT molecular complexity index is 606. The summed E-state index contributed by atoms with van der Waals surface area (Å²) in [6, 6.07) is 9.64. The first kappa shape index (κ1) is 13.4. The summed E-state index contributed by atoms with van der Waals surface area (Å²) < 4.78 is 14.5. The first-order valence-corrected chi connectivity index (χ1v) is 6.82. The van der Waals surface area contributed by atoms with Gasteiger partial charge >= 0.3 is 0 Å². The lowest BCUT2D eigenvalue weighted by molar-refractivity contribution is 0.102. The number of aromatic nitrogens is 1. The molecule has 0 atom stereocenters. The molecule has 1 heterocycles. The van der Waals surface area contributed by atoms with Gasteiger partial charge in [0.05, 0.1) is 5.56 Å². The Morgan fingerprint density at radius 2 is 2.11 bits per heavy atom. The molecule has 92 valence electrons. The number of carbonyl (C=O) groups excluding carboxylic acids is 1. The number of amides is 1. The Balaban J connectivity index is 2.24. The highest BCUT2D eigenvalue weighted by Crippen LogP contribution is 2.20. The molecule has 18 heavy (non-hydrogen) atoms. The molecule has 0 aliphatic carbocycles. The standard InChI is InChI=1S/C12H7BrFIN2O/c13-9-5-4-7(15)6-8(9)12(18)17-11-3-1-2-10(14)16-11/h1-6H,(H,16,17,18). The predicted molar refractivity (Wildman–Crippen MR) is 79.0 cm³/mol. The van der Waals surface area contributed by atoms with Crippen LogP contribution < -0.4 is 5.32 Å². The number of nitrogens with zero attached hydrogens (tertiary/aromatic N) is 1. The normalized spacial score (nSPS) is 10.2. The van der Waals surface area contributed by atoms with E-state index >= 15 is 0 Å². The molecule has 0 saturated carbocycles. The van der Waals surface area contributed by atoms with Crippen LogP contribution in [0.1, 0.15) is 10.4 Å². The van der Waals surface area contributed by atoms with Crippen molar-refractivity contribution in [2.75, 3.05) is 5.32 Å². The Kier molecular flexibility index (Phi) is 4.28. The van der Waals surface area contributed by atoms with Crippen molar-refractivity contribution in [2.24, 2.45) is 0 Å². The van der Waals surface area contributed by atoms with Crippen LogP contribution in [0.5, 0.6) is 0 Å². The van der Waals surface area contributed by atoms with Crippen molar-refractivity contribution in [2.45, 2.75) is 0 Å². The van der Waals surface area contributed by atoms with Gasteiger partial charge in [-0.15, -0.1) is 0 Å². The van der Waals surface area contributed by atoms with Crippen LogP contribution in [0.4, 0.5) is 10.2 Å². The van der Waals surface area contributed by atoms with Gasteiger partial charge in [0.15, 0.2) is 0 Å². The van der Waals surface area contributed by atoms with E-state index in [2.05, 4.69) is 48.8 Å². The van der Waals surface area contributed by atoms with Crippen LogP contribution in [-0.4, -0.2) is 10.9 Å². The molecule has 0 unspecified atom stereocenters. The third-order valence-corrected chi connectivity index (χ3v) is 3.49.